The number of esters is 1. The molecule has 152 valence electrons. The minimum absolute atomic E-state index is 0.0152. The molecule has 0 saturated carbocycles. The fourth-order valence-corrected chi connectivity index (χ4v) is 5.68. The first-order valence-electron chi connectivity index (χ1n) is 11.1. The molecule has 4 rings (SSSR count). The Morgan fingerprint density at radius 1 is 1.29 bits per heavy atom. The SMILES string of the molecule is CCC(C)OC(=O)C(C)C1(CC)CCCN2CCc3c([nH]c4ccccc34)C21. The molecule has 3 heterocycles. The molecule has 2 aliphatic heterocycles. The number of nitrogens with one attached hydrogen (secondary N) is 1. The van der Waals surface area contributed by atoms with Gasteiger partial charge in [-0.15, -0.1) is 0 Å². The highest BCUT2D eigenvalue weighted by atomic mass is 16.5. The molecular weight excluding hydrogens is 348 g/mol. The number of hydrogen-bond donors (Lipinski definition) is 1. The third-order valence-electron chi connectivity index (χ3n) is 7.53. The van der Waals surface area contributed by atoms with Crippen LogP contribution in [0, 0.1) is 11.3 Å². The lowest BCUT2D eigenvalue weighted by atomic mass is 9.61. The van der Waals surface area contributed by atoms with Crippen LogP contribution in [0.2, 0.25) is 0 Å². The Labute approximate surface area is 168 Å². The molecule has 0 radical (unpaired) electrons. The van der Waals surface area contributed by atoms with Gasteiger partial charge in [-0.2, -0.15) is 0 Å². The van der Waals surface area contributed by atoms with E-state index in [1.165, 1.54) is 22.2 Å². The molecule has 28 heavy (non-hydrogen) atoms. The minimum Gasteiger partial charge on any atom is -0.462 e. The molecule has 1 aromatic carbocycles. The van der Waals surface area contributed by atoms with Gasteiger partial charge < -0.3 is 9.72 Å². The van der Waals surface area contributed by atoms with Gasteiger partial charge in [-0.3, -0.25) is 9.69 Å². The number of H-pyrrole nitrogens is 1. The lowest BCUT2D eigenvalue weighted by molar-refractivity contribution is -0.163. The summed E-state index contributed by atoms with van der Waals surface area (Å²) >= 11 is 0. The molecule has 1 saturated heterocycles. The molecule has 4 heteroatoms. The summed E-state index contributed by atoms with van der Waals surface area (Å²) in [5, 5.41) is 1.35. The maximum atomic E-state index is 13.1. The summed E-state index contributed by atoms with van der Waals surface area (Å²) in [5.74, 6) is -0.141. The zero-order valence-corrected chi connectivity index (χ0v) is 17.8. The van der Waals surface area contributed by atoms with Crippen LogP contribution in [0.5, 0.6) is 0 Å². The average Bonchev–Trinajstić information content (AvgIpc) is 3.11. The predicted molar refractivity (Wildman–Crippen MR) is 113 cm³/mol. The van der Waals surface area contributed by atoms with Crippen LogP contribution < -0.4 is 0 Å². The third-order valence-corrected chi connectivity index (χ3v) is 7.53. The number of piperidine rings is 1. The standard InChI is InChI=1S/C24H34N2O2/c1-5-16(3)28-23(27)17(4)24(6-2)13-9-14-26-15-12-19-18-10-7-8-11-20(18)25-21(19)22(24)26/h7-8,10-11,16-17,22,25H,5-6,9,12-15H2,1-4H3. The molecule has 1 fully saturated rings. The molecule has 4 atom stereocenters. The molecule has 0 aliphatic carbocycles. The van der Waals surface area contributed by atoms with Crippen LogP contribution in [-0.2, 0) is 16.0 Å². The zero-order valence-electron chi connectivity index (χ0n) is 17.8. The number of fused-ring (bicyclic) bond motifs is 5. The number of ether oxygens (including phenoxy) is 1. The van der Waals surface area contributed by atoms with Gasteiger partial charge in [0.05, 0.1) is 18.1 Å². The fourth-order valence-electron chi connectivity index (χ4n) is 5.68. The van der Waals surface area contributed by atoms with Crippen molar-refractivity contribution in [2.45, 2.75) is 71.9 Å². The first-order valence-corrected chi connectivity index (χ1v) is 11.1. The van der Waals surface area contributed by atoms with E-state index in [4.69, 9.17) is 4.74 Å². The summed E-state index contributed by atoms with van der Waals surface area (Å²) in [6.07, 6.45) is 5.15. The molecule has 1 N–H and O–H groups in total. The van der Waals surface area contributed by atoms with E-state index in [-0.39, 0.29) is 29.4 Å². The van der Waals surface area contributed by atoms with Gasteiger partial charge in [0.25, 0.3) is 0 Å². The van der Waals surface area contributed by atoms with E-state index in [0.717, 1.165) is 45.2 Å². The number of hydrogen-bond acceptors (Lipinski definition) is 3. The van der Waals surface area contributed by atoms with Gasteiger partial charge in [-0.25, -0.2) is 0 Å². The summed E-state index contributed by atoms with van der Waals surface area (Å²) in [6, 6.07) is 8.90. The topological polar surface area (TPSA) is 45.3 Å². The van der Waals surface area contributed by atoms with Gasteiger partial charge in [-0.1, -0.05) is 39.0 Å². The van der Waals surface area contributed by atoms with Crippen molar-refractivity contribution in [1.29, 1.82) is 0 Å². The average molecular weight is 383 g/mol. The Balaban J connectivity index is 1.77. The van der Waals surface area contributed by atoms with Crippen LogP contribution >= 0.6 is 0 Å². The van der Waals surface area contributed by atoms with Crippen molar-refractivity contribution in [3.05, 3.63) is 35.5 Å². The van der Waals surface area contributed by atoms with Gasteiger partial charge in [0.2, 0.25) is 0 Å². The van der Waals surface area contributed by atoms with E-state index in [0.29, 0.717) is 0 Å². The Hall–Kier alpha value is -1.81. The van der Waals surface area contributed by atoms with E-state index >= 15 is 0 Å². The van der Waals surface area contributed by atoms with Gasteiger partial charge >= 0.3 is 5.97 Å². The molecule has 0 spiro atoms. The number of para-hydroxylation sites is 1. The zero-order chi connectivity index (χ0) is 19.9. The summed E-state index contributed by atoms with van der Waals surface area (Å²) < 4.78 is 5.80. The molecular formula is C24H34N2O2. The van der Waals surface area contributed by atoms with E-state index in [9.17, 15) is 4.79 Å². The van der Waals surface area contributed by atoms with Crippen molar-refractivity contribution in [3.63, 3.8) is 0 Å². The Kier molecular flexibility index (Phi) is 5.26. The van der Waals surface area contributed by atoms with Crippen molar-refractivity contribution in [1.82, 2.24) is 9.88 Å². The largest absolute Gasteiger partial charge is 0.462 e. The number of carbonyl (C=O) groups excluding carboxylic acids is 1. The van der Waals surface area contributed by atoms with Crippen LogP contribution in [0.3, 0.4) is 0 Å². The summed E-state index contributed by atoms with van der Waals surface area (Å²) in [4.78, 5) is 19.5. The molecule has 4 unspecified atom stereocenters. The van der Waals surface area contributed by atoms with Crippen molar-refractivity contribution < 1.29 is 9.53 Å². The van der Waals surface area contributed by atoms with E-state index in [1.807, 2.05) is 6.92 Å². The van der Waals surface area contributed by atoms with Crippen LogP contribution in [0.1, 0.15) is 70.7 Å². The van der Waals surface area contributed by atoms with Crippen LogP contribution in [0.4, 0.5) is 0 Å². The summed E-state index contributed by atoms with van der Waals surface area (Å²) in [5.41, 5.74) is 3.94. The van der Waals surface area contributed by atoms with Crippen molar-refractivity contribution in [3.8, 4) is 0 Å². The monoisotopic (exact) mass is 382 g/mol. The lowest BCUT2D eigenvalue weighted by Crippen LogP contribution is -2.53. The highest BCUT2D eigenvalue weighted by Gasteiger charge is 2.52. The fraction of sp³-hybridized carbons (Fsp3) is 0.625. The number of nitrogens with zero attached hydrogens (tertiary/aromatic N) is 1. The second-order valence-electron chi connectivity index (χ2n) is 8.82. The lowest BCUT2D eigenvalue weighted by Gasteiger charge is -2.54. The molecule has 2 aromatic rings. The first-order chi connectivity index (χ1) is 13.5. The quantitative estimate of drug-likeness (QED) is 0.720. The van der Waals surface area contributed by atoms with Crippen LogP contribution in [-0.4, -0.2) is 35.0 Å². The summed E-state index contributed by atoms with van der Waals surface area (Å²) in [6.45, 7) is 10.6. The predicted octanol–water partition coefficient (Wildman–Crippen LogP) is 5.24. The van der Waals surface area contributed by atoms with Crippen molar-refractivity contribution >= 4 is 16.9 Å². The van der Waals surface area contributed by atoms with Crippen molar-refractivity contribution in [2.75, 3.05) is 13.1 Å². The molecule has 2 aliphatic rings. The van der Waals surface area contributed by atoms with E-state index in [1.54, 1.807) is 0 Å². The number of benzene rings is 1. The van der Waals surface area contributed by atoms with Gasteiger partial charge in [-0.05, 0) is 57.2 Å². The number of aromatic amines is 1. The second-order valence-corrected chi connectivity index (χ2v) is 8.82. The number of aromatic nitrogens is 1. The highest BCUT2D eigenvalue weighted by molar-refractivity contribution is 5.85. The number of carbonyl (C=O) groups is 1. The minimum atomic E-state index is -0.114. The molecule has 0 bridgehead atoms. The summed E-state index contributed by atoms with van der Waals surface area (Å²) in [7, 11) is 0. The highest BCUT2D eigenvalue weighted by Crippen LogP contribution is 2.55. The molecule has 1 aromatic heterocycles. The first kappa shape index (κ1) is 19.5. The maximum absolute atomic E-state index is 13.1. The normalized spacial score (nSPS) is 27.1. The molecule has 0 amide bonds. The Bertz CT molecular complexity index is 857. The van der Waals surface area contributed by atoms with Gasteiger partial charge in [0.1, 0.15) is 0 Å². The third kappa shape index (κ3) is 2.97. The van der Waals surface area contributed by atoms with Crippen molar-refractivity contribution in [2.24, 2.45) is 11.3 Å². The van der Waals surface area contributed by atoms with Gasteiger partial charge in [0, 0.05) is 28.6 Å². The van der Waals surface area contributed by atoms with Gasteiger partial charge in [0.15, 0.2) is 0 Å². The van der Waals surface area contributed by atoms with Crippen LogP contribution in [0.15, 0.2) is 24.3 Å². The Morgan fingerprint density at radius 2 is 2.07 bits per heavy atom. The Morgan fingerprint density at radius 3 is 2.82 bits per heavy atom. The van der Waals surface area contributed by atoms with E-state index in [2.05, 4.69) is 54.9 Å². The molecule has 4 nitrogen and oxygen atoms in total. The van der Waals surface area contributed by atoms with Crippen LogP contribution in [0.25, 0.3) is 10.9 Å². The number of rotatable bonds is 5. The maximum Gasteiger partial charge on any atom is 0.309 e. The second kappa shape index (κ2) is 7.55. The smallest absolute Gasteiger partial charge is 0.309 e. The van der Waals surface area contributed by atoms with E-state index < -0.39 is 0 Å².